The molecule has 0 spiro atoms. The highest BCUT2D eigenvalue weighted by molar-refractivity contribution is 6.30. The second-order valence-corrected chi connectivity index (χ2v) is 8.99. The molecule has 2 aromatic carbocycles. The number of aliphatic hydroxyl groups excluding tert-OH is 1. The molecule has 0 fully saturated rings. The molecule has 1 aliphatic rings. The lowest BCUT2D eigenvalue weighted by molar-refractivity contribution is -0.213. The highest BCUT2D eigenvalue weighted by Gasteiger charge is 2.60. The summed E-state index contributed by atoms with van der Waals surface area (Å²) in [6.45, 7) is 2.79. The molecule has 12 nitrogen and oxygen atoms in total. The minimum Gasteiger partial charge on any atom is -0.431 e. The number of nitrogens with one attached hydrogen (secondary N) is 1. The van der Waals surface area contributed by atoms with E-state index in [1.165, 1.54) is 6.07 Å². The number of hydrogen-bond acceptors (Lipinski definition) is 12. The molecule has 0 amide bonds. The summed E-state index contributed by atoms with van der Waals surface area (Å²) in [5.74, 6) is -6.76. The van der Waals surface area contributed by atoms with Crippen LogP contribution in [0.15, 0.2) is 42.5 Å². The first-order valence-electron chi connectivity index (χ1n) is 11.8. The van der Waals surface area contributed by atoms with Crippen molar-refractivity contribution in [3.63, 3.8) is 0 Å². The normalized spacial score (nSPS) is 14.6. The van der Waals surface area contributed by atoms with Gasteiger partial charge in [0.25, 0.3) is 0 Å². The molecule has 2 aromatic rings. The van der Waals surface area contributed by atoms with Gasteiger partial charge in [-0.15, -0.1) is 0 Å². The number of ether oxygens (including phenoxy) is 6. The molecule has 2 N–H and O–H groups in total. The fraction of sp³-hybridized carbons (Fsp3) is 0.385. The zero-order valence-corrected chi connectivity index (χ0v) is 22.2. The molecular weight excluding hydrogens is 538 g/mol. The van der Waals surface area contributed by atoms with E-state index in [0.29, 0.717) is 17.0 Å². The van der Waals surface area contributed by atoms with Gasteiger partial charge in [-0.05, 0) is 48.7 Å². The maximum Gasteiger partial charge on any atom is 0.453 e. The number of fused-ring (bicyclic) bond motifs is 1. The third-order valence-corrected chi connectivity index (χ3v) is 5.63. The van der Waals surface area contributed by atoms with Gasteiger partial charge in [-0.2, -0.15) is 0 Å². The minimum atomic E-state index is -2.72. The van der Waals surface area contributed by atoms with Crippen molar-refractivity contribution in [1.82, 2.24) is 5.32 Å². The first-order chi connectivity index (χ1) is 18.5. The Bertz CT molecular complexity index is 1190. The van der Waals surface area contributed by atoms with Crippen molar-refractivity contribution < 1.29 is 52.7 Å². The summed E-state index contributed by atoms with van der Waals surface area (Å²) in [6, 6.07) is 11.6. The number of esters is 4. The summed E-state index contributed by atoms with van der Waals surface area (Å²) < 4.78 is 29.9. The minimum absolute atomic E-state index is 0.0459. The average Bonchev–Trinajstić information content (AvgIpc) is 3.27. The molecule has 39 heavy (non-hydrogen) atoms. The molecule has 0 saturated carbocycles. The first-order valence-corrected chi connectivity index (χ1v) is 12.2. The van der Waals surface area contributed by atoms with Gasteiger partial charge in [-0.3, -0.25) is 9.59 Å². The van der Waals surface area contributed by atoms with Crippen molar-refractivity contribution in [3.8, 4) is 11.5 Å². The smallest absolute Gasteiger partial charge is 0.431 e. The lowest BCUT2D eigenvalue weighted by Gasteiger charge is -2.22. The maximum atomic E-state index is 12.8. The van der Waals surface area contributed by atoms with Gasteiger partial charge in [-0.1, -0.05) is 29.8 Å². The molecule has 2 atom stereocenters. The second-order valence-electron chi connectivity index (χ2n) is 8.56. The van der Waals surface area contributed by atoms with Gasteiger partial charge in [0, 0.05) is 31.5 Å². The van der Waals surface area contributed by atoms with Crippen LogP contribution in [0.25, 0.3) is 0 Å². The van der Waals surface area contributed by atoms with E-state index >= 15 is 0 Å². The fourth-order valence-electron chi connectivity index (χ4n) is 3.52. The topological polar surface area (TPSA) is 156 Å². The van der Waals surface area contributed by atoms with Crippen molar-refractivity contribution in [3.05, 3.63) is 58.6 Å². The highest BCUT2D eigenvalue weighted by Crippen LogP contribution is 2.41. The van der Waals surface area contributed by atoms with Crippen molar-refractivity contribution in [2.75, 3.05) is 20.1 Å². The monoisotopic (exact) mass is 565 g/mol. The van der Waals surface area contributed by atoms with Gasteiger partial charge < -0.3 is 38.8 Å². The summed E-state index contributed by atoms with van der Waals surface area (Å²) in [4.78, 5) is 47.6. The van der Waals surface area contributed by atoms with Crippen LogP contribution in [0.4, 0.5) is 0 Å². The van der Waals surface area contributed by atoms with E-state index < -0.39 is 49.4 Å². The average molecular weight is 566 g/mol. The van der Waals surface area contributed by atoms with Crippen LogP contribution in [0.5, 0.6) is 11.5 Å². The van der Waals surface area contributed by atoms with Crippen LogP contribution in [-0.4, -0.2) is 60.9 Å². The summed E-state index contributed by atoms with van der Waals surface area (Å²) in [5, 5.41) is 14.2. The number of rotatable bonds is 12. The molecular formula is C26H28ClNO11. The summed E-state index contributed by atoms with van der Waals surface area (Å²) in [7, 11) is 0. The Kier molecular flexibility index (Phi) is 10.1. The SMILES string of the molecule is CC(=O)OCOC(=O)C1(C(=O)OCOC(C)=O)Oc2ccc(C[C@@H](C)NC[C@H](O)c3cccc(Cl)c3)cc2O1. The van der Waals surface area contributed by atoms with E-state index in [-0.39, 0.29) is 24.1 Å². The zero-order chi connectivity index (χ0) is 28.6. The van der Waals surface area contributed by atoms with Crippen LogP contribution in [-0.2, 0) is 44.5 Å². The van der Waals surface area contributed by atoms with E-state index in [4.69, 9.17) is 30.5 Å². The largest absolute Gasteiger partial charge is 0.453 e. The Hall–Kier alpha value is -3.87. The molecule has 13 heteroatoms. The number of hydrogen-bond donors (Lipinski definition) is 2. The Labute approximate surface area is 229 Å². The van der Waals surface area contributed by atoms with Crippen LogP contribution < -0.4 is 14.8 Å². The molecule has 0 radical (unpaired) electrons. The molecule has 1 heterocycles. The Morgan fingerprint density at radius 1 is 0.923 bits per heavy atom. The molecule has 0 unspecified atom stereocenters. The molecule has 0 aliphatic carbocycles. The lowest BCUT2D eigenvalue weighted by atomic mass is 10.1. The van der Waals surface area contributed by atoms with Crippen molar-refractivity contribution in [2.24, 2.45) is 0 Å². The first kappa shape index (κ1) is 29.7. The van der Waals surface area contributed by atoms with Gasteiger partial charge in [0.2, 0.25) is 13.6 Å². The van der Waals surface area contributed by atoms with Crippen LogP contribution in [0.2, 0.25) is 5.02 Å². The number of halogens is 1. The van der Waals surface area contributed by atoms with Gasteiger partial charge >= 0.3 is 29.7 Å². The fourth-order valence-corrected chi connectivity index (χ4v) is 3.71. The second kappa shape index (κ2) is 13.3. The van der Waals surface area contributed by atoms with Gasteiger partial charge in [-0.25, -0.2) is 9.59 Å². The Balaban J connectivity index is 1.67. The van der Waals surface area contributed by atoms with Gasteiger partial charge in [0.15, 0.2) is 11.5 Å². The third-order valence-electron chi connectivity index (χ3n) is 5.39. The predicted molar refractivity (Wildman–Crippen MR) is 133 cm³/mol. The third kappa shape index (κ3) is 8.06. The van der Waals surface area contributed by atoms with E-state index in [0.717, 1.165) is 19.4 Å². The zero-order valence-electron chi connectivity index (χ0n) is 21.4. The maximum absolute atomic E-state index is 12.8. The van der Waals surface area contributed by atoms with Crippen LogP contribution in [0.1, 0.15) is 38.0 Å². The van der Waals surface area contributed by atoms with E-state index in [2.05, 4.69) is 14.8 Å². The van der Waals surface area contributed by atoms with Gasteiger partial charge in [0.1, 0.15) is 0 Å². The summed E-state index contributed by atoms with van der Waals surface area (Å²) in [5.41, 5.74) is 1.44. The van der Waals surface area contributed by atoms with Crippen LogP contribution in [0.3, 0.4) is 0 Å². The predicted octanol–water partition coefficient (Wildman–Crippen LogP) is 2.19. The Morgan fingerprint density at radius 2 is 1.54 bits per heavy atom. The van der Waals surface area contributed by atoms with Crippen molar-refractivity contribution in [2.45, 2.75) is 45.1 Å². The van der Waals surface area contributed by atoms with Crippen molar-refractivity contribution in [1.29, 1.82) is 0 Å². The molecule has 3 rings (SSSR count). The van der Waals surface area contributed by atoms with E-state index in [9.17, 15) is 24.3 Å². The molecule has 0 aromatic heterocycles. The van der Waals surface area contributed by atoms with Crippen LogP contribution >= 0.6 is 11.6 Å². The summed E-state index contributed by atoms with van der Waals surface area (Å²) >= 11 is 5.99. The van der Waals surface area contributed by atoms with Crippen molar-refractivity contribution >= 4 is 35.5 Å². The van der Waals surface area contributed by atoms with Crippen LogP contribution in [0, 0.1) is 0 Å². The number of carbonyl (C=O) groups excluding carboxylic acids is 4. The molecule has 1 aliphatic heterocycles. The van der Waals surface area contributed by atoms with Gasteiger partial charge in [0.05, 0.1) is 6.10 Å². The Morgan fingerprint density at radius 3 is 2.13 bits per heavy atom. The lowest BCUT2D eigenvalue weighted by Crippen LogP contribution is -2.56. The molecule has 0 bridgehead atoms. The molecule has 0 saturated heterocycles. The molecule has 210 valence electrons. The quantitative estimate of drug-likeness (QED) is 0.220. The summed E-state index contributed by atoms with van der Waals surface area (Å²) in [6.07, 6.45) is -0.279. The highest BCUT2D eigenvalue weighted by atomic mass is 35.5. The van der Waals surface area contributed by atoms with E-state index in [1.807, 2.05) is 6.92 Å². The number of benzene rings is 2. The number of carbonyl (C=O) groups is 4. The van der Waals surface area contributed by atoms with E-state index in [1.54, 1.807) is 36.4 Å². The number of aliphatic hydroxyl groups is 1. The standard InChI is InChI=1S/C26H28ClNO11/c1-15(28-12-21(31)19-5-4-6-20(27)11-19)9-18-7-8-22-23(10-18)39-26(38-22,24(32)36-13-34-16(2)29)25(33)37-14-35-17(3)30/h4-8,10-11,15,21,28,31H,9,12-14H2,1-3H3/t15-,21+/m1/s1.